The predicted molar refractivity (Wildman–Crippen MR) is 87.1 cm³/mol. The summed E-state index contributed by atoms with van der Waals surface area (Å²) >= 11 is 1.49. The number of hydrogen-bond acceptors (Lipinski definition) is 5. The molecule has 0 radical (unpaired) electrons. The Morgan fingerprint density at radius 2 is 1.95 bits per heavy atom. The lowest BCUT2D eigenvalue weighted by atomic mass is 10.1. The molecule has 0 bridgehead atoms. The zero-order valence-electron chi connectivity index (χ0n) is 11.8. The lowest BCUT2D eigenvalue weighted by Crippen LogP contribution is -2.04. The molecule has 0 saturated heterocycles. The van der Waals surface area contributed by atoms with Crippen LogP contribution in [0.15, 0.2) is 42.1 Å². The molecule has 3 rings (SSSR count). The van der Waals surface area contributed by atoms with Crippen molar-refractivity contribution in [1.82, 2.24) is 19.9 Å². The van der Waals surface area contributed by atoms with Crippen LogP contribution in [0, 0.1) is 0 Å². The van der Waals surface area contributed by atoms with Crippen LogP contribution in [0.2, 0.25) is 0 Å². The molecule has 6 nitrogen and oxygen atoms in total. The maximum Gasteiger partial charge on any atom is 0.241 e. The molecular weight excluding hydrogens is 298 g/mol. The monoisotopic (exact) mass is 311 g/mol. The first-order valence-electron chi connectivity index (χ1n) is 6.48. The van der Waals surface area contributed by atoms with Crippen LogP contribution in [-0.4, -0.2) is 32.1 Å². The molecule has 22 heavy (non-hydrogen) atoms. The van der Waals surface area contributed by atoms with Crippen molar-refractivity contribution in [2.45, 2.75) is 5.16 Å². The van der Waals surface area contributed by atoms with E-state index in [0.29, 0.717) is 0 Å². The second-order valence-electron chi connectivity index (χ2n) is 4.56. The van der Waals surface area contributed by atoms with E-state index in [1.54, 1.807) is 30.9 Å². The topological polar surface area (TPSA) is 97.5 Å². The number of aromatic amines is 1. The van der Waals surface area contributed by atoms with E-state index in [-0.39, 0.29) is 0 Å². The number of carbonyl (C=O) groups is 1. The molecular formula is C15H13N5OS. The largest absolute Gasteiger partial charge is 0.366 e. The molecule has 0 saturated carbocycles. The number of pyridine rings is 1. The average molecular weight is 311 g/mol. The van der Waals surface area contributed by atoms with E-state index in [1.807, 2.05) is 12.3 Å². The van der Waals surface area contributed by atoms with Crippen LogP contribution in [0.1, 0.15) is 5.56 Å². The summed E-state index contributed by atoms with van der Waals surface area (Å²) in [5.74, 6) is -0.487. The van der Waals surface area contributed by atoms with Gasteiger partial charge in [0.15, 0.2) is 5.16 Å². The van der Waals surface area contributed by atoms with Crippen LogP contribution >= 0.6 is 11.8 Å². The Bertz CT molecular complexity index is 854. The highest BCUT2D eigenvalue weighted by molar-refractivity contribution is 7.98. The molecule has 3 heterocycles. The van der Waals surface area contributed by atoms with Gasteiger partial charge in [-0.3, -0.25) is 4.79 Å². The minimum atomic E-state index is -0.487. The number of H-pyrrole nitrogens is 1. The number of rotatable bonds is 4. The van der Waals surface area contributed by atoms with Gasteiger partial charge in [0.25, 0.3) is 0 Å². The maximum atomic E-state index is 10.9. The number of fused-ring (bicyclic) bond motifs is 1. The molecule has 3 N–H and O–H groups in total. The molecule has 0 aliphatic rings. The molecule has 0 fully saturated rings. The van der Waals surface area contributed by atoms with Crippen molar-refractivity contribution in [2.24, 2.45) is 5.73 Å². The zero-order chi connectivity index (χ0) is 15.5. The summed E-state index contributed by atoms with van der Waals surface area (Å²) in [6.45, 7) is 0. The molecule has 0 aliphatic carbocycles. The van der Waals surface area contributed by atoms with Gasteiger partial charge < -0.3 is 10.7 Å². The Labute approximate surface area is 130 Å². The second-order valence-corrected chi connectivity index (χ2v) is 5.33. The molecule has 0 atom stereocenters. The first-order valence-corrected chi connectivity index (χ1v) is 7.71. The Kier molecular flexibility index (Phi) is 3.88. The molecule has 110 valence electrons. The third-order valence-corrected chi connectivity index (χ3v) is 3.71. The Balaban J connectivity index is 2.03. The quantitative estimate of drug-likeness (QED) is 0.437. The minimum absolute atomic E-state index is 0.487. The van der Waals surface area contributed by atoms with E-state index in [4.69, 9.17) is 5.73 Å². The van der Waals surface area contributed by atoms with E-state index in [1.165, 1.54) is 17.8 Å². The highest BCUT2D eigenvalue weighted by Gasteiger charge is 2.06. The third kappa shape index (κ3) is 2.84. The van der Waals surface area contributed by atoms with Crippen LogP contribution in [-0.2, 0) is 4.79 Å². The van der Waals surface area contributed by atoms with Gasteiger partial charge in [-0.2, -0.15) is 0 Å². The van der Waals surface area contributed by atoms with Crippen molar-refractivity contribution in [3.63, 3.8) is 0 Å². The van der Waals surface area contributed by atoms with Gasteiger partial charge in [0.1, 0.15) is 5.65 Å². The fourth-order valence-electron chi connectivity index (χ4n) is 2.06. The van der Waals surface area contributed by atoms with Gasteiger partial charge in [0, 0.05) is 52.9 Å². The van der Waals surface area contributed by atoms with E-state index in [9.17, 15) is 4.79 Å². The standard InChI is InChI=1S/C15H13N5OS/c1-22-15-19-7-11(8-20-15)10-4-12-9(2-3-13(16)21)5-17-14(12)18-6-10/h2-8H,1H3,(H2,16,21)(H,17,18)/b3-2+. The number of nitrogens with two attached hydrogens (primary N) is 1. The number of nitrogens with zero attached hydrogens (tertiary/aromatic N) is 3. The minimum Gasteiger partial charge on any atom is -0.366 e. The lowest BCUT2D eigenvalue weighted by molar-refractivity contribution is -0.113. The Hall–Kier alpha value is -2.67. The fourth-order valence-corrected chi connectivity index (χ4v) is 2.38. The average Bonchev–Trinajstić information content (AvgIpc) is 2.95. The van der Waals surface area contributed by atoms with Crippen LogP contribution in [0.3, 0.4) is 0 Å². The van der Waals surface area contributed by atoms with Crippen molar-refractivity contribution in [1.29, 1.82) is 0 Å². The van der Waals surface area contributed by atoms with Crippen LogP contribution in [0.25, 0.3) is 28.2 Å². The summed E-state index contributed by atoms with van der Waals surface area (Å²) in [7, 11) is 0. The summed E-state index contributed by atoms with van der Waals surface area (Å²) < 4.78 is 0. The molecule has 3 aromatic heterocycles. The smallest absolute Gasteiger partial charge is 0.241 e. The SMILES string of the molecule is CSc1ncc(-c2cnc3[nH]cc(/C=C/C(N)=O)c3c2)cn1. The molecule has 3 aromatic rings. The van der Waals surface area contributed by atoms with Crippen molar-refractivity contribution in [2.75, 3.05) is 6.26 Å². The van der Waals surface area contributed by atoms with E-state index in [2.05, 4.69) is 19.9 Å². The van der Waals surface area contributed by atoms with Gasteiger partial charge in [0.05, 0.1) is 0 Å². The van der Waals surface area contributed by atoms with Crippen LogP contribution in [0.5, 0.6) is 0 Å². The molecule has 1 amide bonds. The highest BCUT2D eigenvalue weighted by atomic mass is 32.2. The summed E-state index contributed by atoms with van der Waals surface area (Å²) in [5.41, 5.74) is 8.53. The number of amides is 1. The molecule has 0 spiro atoms. The summed E-state index contributed by atoms with van der Waals surface area (Å²) in [4.78, 5) is 26.8. The summed E-state index contributed by atoms with van der Waals surface area (Å²) in [5, 5.41) is 1.63. The van der Waals surface area contributed by atoms with Crippen LogP contribution in [0.4, 0.5) is 0 Å². The molecule has 0 aliphatic heterocycles. The first kappa shape index (κ1) is 14.3. The number of nitrogens with one attached hydrogen (secondary N) is 1. The predicted octanol–water partition coefficient (Wildman–Crippen LogP) is 2.24. The van der Waals surface area contributed by atoms with Crippen molar-refractivity contribution in [3.8, 4) is 11.1 Å². The normalized spacial score (nSPS) is 11.3. The van der Waals surface area contributed by atoms with Crippen molar-refractivity contribution in [3.05, 3.63) is 42.5 Å². The van der Waals surface area contributed by atoms with Gasteiger partial charge in [-0.25, -0.2) is 15.0 Å². The molecule has 0 unspecified atom stereocenters. The zero-order valence-corrected chi connectivity index (χ0v) is 12.6. The Morgan fingerprint density at radius 3 is 2.64 bits per heavy atom. The number of primary amides is 1. The number of carbonyl (C=O) groups excluding carboxylic acids is 1. The maximum absolute atomic E-state index is 10.9. The van der Waals surface area contributed by atoms with E-state index < -0.39 is 5.91 Å². The summed E-state index contributed by atoms with van der Waals surface area (Å²) in [6.07, 6.45) is 12.0. The van der Waals surface area contributed by atoms with Gasteiger partial charge in [-0.05, 0) is 18.4 Å². The van der Waals surface area contributed by atoms with E-state index >= 15 is 0 Å². The second kappa shape index (κ2) is 5.98. The Morgan fingerprint density at radius 1 is 1.23 bits per heavy atom. The van der Waals surface area contributed by atoms with Gasteiger partial charge in [0.2, 0.25) is 5.91 Å². The van der Waals surface area contributed by atoms with Gasteiger partial charge >= 0.3 is 0 Å². The lowest BCUT2D eigenvalue weighted by Gasteiger charge is -2.02. The molecule has 7 heteroatoms. The third-order valence-electron chi connectivity index (χ3n) is 3.13. The van der Waals surface area contributed by atoms with Crippen molar-refractivity contribution < 1.29 is 4.79 Å². The highest BCUT2D eigenvalue weighted by Crippen LogP contribution is 2.25. The number of thioether (sulfide) groups is 1. The first-order chi connectivity index (χ1) is 10.7. The number of hydrogen-bond donors (Lipinski definition) is 2. The molecule has 0 aromatic carbocycles. The van der Waals surface area contributed by atoms with E-state index in [0.717, 1.165) is 32.9 Å². The van der Waals surface area contributed by atoms with Crippen LogP contribution < -0.4 is 5.73 Å². The van der Waals surface area contributed by atoms with Gasteiger partial charge in [-0.1, -0.05) is 11.8 Å². The van der Waals surface area contributed by atoms with Crippen molar-refractivity contribution >= 4 is 34.8 Å². The summed E-state index contributed by atoms with van der Waals surface area (Å²) in [6, 6.07) is 1.98. The number of aromatic nitrogens is 4. The fraction of sp³-hybridized carbons (Fsp3) is 0.0667. The van der Waals surface area contributed by atoms with Gasteiger partial charge in [-0.15, -0.1) is 0 Å².